The maximum Gasteiger partial charge on any atom is 0.310 e. The highest BCUT2D eigenvalue weighted by atomic mass is 16.5. The van der Waals surface area contributed by atoms with Crippen molar-refractivity contribution in [1.29, 1.82) is 0 Å². The van der Waals surface area contributed by atoms with Gasteiger partial charge < -0.3 is 14.0 Å². The van der Waals surface area contributed by atoms with Crippen LogP contribution in [-0.4, -0.2) is 24.0 Å². The molecule has 0 amide bonds. The number of carbonyl (C=O) groups excluding carboxylic acids is 2. The molecule has 6 nitrogen and oxygen atoms in total. The largest absolute Gasteiger partial charge is 0.496 e. The van der Waals surface area contributed by atoms with Crippen LogP contribution in [0.3, 0.4) is 0 Å². The molecule has 0 atom stereocenters. The first-order valence-corrected chi connectivity index (χ1v) is 7.17. The third kappa shape index (κ3) is 3.97. The van der Waals surface area contributed by atoms with Crippen LogP contribution in [0.5, 0.6) is 5.75 Å². The first-order chi connectivity index (χ1) is 10.9. The summed E-state index contributed by atoms with van der Waals surface area (Å²) < 4.78 is 15.5. The topological polar surface area (TPSA) is 78.6 Å². The van der Waals surface area contributed by atoms with Crippen LogP contribution < -0.4 is 4.74 Å². The van der Waals surface area contributed by atoms with Gasteiger partial charge in [0.2, 0.25) is 0 Å². The van der Waals surface area contributed by atoms with E-state index in [0.29, 0.717) is 28.3 Å². The second-order valence-electron chi connectivity index (χ2n) is 5.22. The van der Waals surface area contributed by atoms with Gasteiger partial charge in [0.1, 0.15) is 18.1 Å². The van der Waals surface area contributed by atoms with E-state index in [1.165, 1.54) is 14.0 Å². The van der Waals surface area contributed by atoms with Crippen molar-refractivity contribution in [3.63, 3.8) is 0 Å². The lowest BCUT2D eigenvalue weighted by molar-refractivity contribution is -0.144. The summed E-state index contributed by atoms with van der Waals surface area (Å²) in [5.74, 6) is 0.723. The Labute approximate surface area is 134 Å². The fraction of sp³-hybridized carbons (Fsp3) is 0.353. The van der Waals surface area contributed by atoms with E-state index in [4.69, 9.17) is 14.0 Å². The van der Waals surface area contributed by atoms with Crippen LogP contribution in [0.25, 0.3) is 0 Å². The average Bonchev–Trinajstić information content (AvgIpc) is 2.84. The van der Waals surface area contributed by atoms with E-state index in [0.717, 1.165) is 5.56 Å². The summed E-state index contributed by atoms with van der Waals surface area (Å²) in [5.41, 5.74) is 2.60. The van der Waals surface area contributed by atoms with E-state index in [2.05, 4.69) is 5.16 Å². The van der Waals surface area contributed by atoms with Crippen molar-refractivity contribution in [1.82, 2.24) is 5.16 Å². The molecule has 0 aliphatic rings. The van der Waals surface area contributed by atoms with Crippen LogP contribution in [0.1, 0.15) is 39.9 Å². The van der Waals surface area contributed by atoms with E-state index in [1.54, 1.807) is 32.0 Å². The van der Waals surface area contributed by atoms with Gasteiger partial charge in [0, 0.05) is 16.7 Å². The van der Waals surface area contributed by atoms with Gasteiger partial charge in [0.05, 0.1) is 19.2 Å². The molecule has 23 heavy (non-hydrogen) atoms. The summed E-state index contributed by atoms with van der Waals surface area (Å²) in [4.78, 5) is 23.5. The van der Waals surface area contributed by atoms with Crippen molar-refractivity contribution in [3.05, 3.63) is 46.3 Å². The molecule has 2 aromatic rings. The molecule has 0 bridgehead atoms. The molecule has 0 fully saturated rings. The number of rotatable bonds is 6. The number of benzene rings is 1. The molecular formula is C17H19NO5. The van der Waals surface area contributed by atoms with Crippen molar-refractivity contribution >= 4 is 11.8 Å². The van der Waals surface area contributed by atoms with Crippen LogP contribution in [0.15, 0.2) is 22.7 Å². The molecule has 0 saturated carbocycles. The summed E-state index contributed by atoms with van der Waals surface area (Å²) in [6, 6.07) is 5.04. The highest BCUT2D eigenvalue weighted by Gasteiger charge is 2.15. The summed E-state index contributed by atoms with van der Waals surface area (Å²) in [5, 5.41) is 3.81. The second kappa shape index (κ2) is 7.09. The molecule has 0 saturated heterocycles. The number of carbonyl (C=O) groups is 2. The summed E-state index contributed by atoms with van der Waals surface area (Å²) in [7, 11) is 1.53. The lowest BCUT2D eigenvalue weighted by atomic mass is 10.1. The quantitative estimate of drug-likeness (QED) is 0.602. The van der Waals surface area contributed by atoms with Crippen LogP contribution in [-0.2, 0) is 22.6 Å². The number of methoxy groups -OCH3 is 1. The Morgan fingerprint density at radius 3 is 2.57 bits per heavy atom. The number of hydrogen-bond acceptors (Lipinski definition) is 6. The molecule has 1 aromatic carbocycles. The van der Waals surface area contributed by atoms with Gasteiger partial charge >= 0.3 is 5.97 Å². The van der Waals surface area contributed by atoms with Gasteiger partial charge in [-0.2, -0.15) is 0 Å². The maximum atomic E-state index is 12.0. The van der Waals surface area contributed by atoms with Gasteiger partial charge in [0.25, 0.3) is 0 Å². The average molecular weight is 317 g/mol. The van der Waals surface area contributed by atoms with Gasteiger partial charge in [-0.05, 0) is 39.0 Å². The fourth-order valence-corrected chi connectivity index (χ4v) is 2.22. The lowest BCUT2D eigenvalue weighted by Gasteiger charge is -2.10. The molecule has 6 heteroatoms. The number of aryl methyl sites for hydroxylation is 2. The van der Waals surface area contributed by atoms with Crippen molar-refractivity contribution < 1.29 is 23.6 Å². The number of esters is 1. The molecule has 0 unspecified atom stereocenters. The molecule has 0 radical (unpaired) electrons. The van der Waals surface area contributed by atoms with Crippen molar-refractivity contribution in [2.75, 3.05) is 7.11 Å². The number of hydrogen-bond donors (Lipinski definition) is 0. The third-order valence-electron chi connectivity index (χ3n) is 3.58. The Kier molecular flexibility index (Phi) is 5.16. The first kappa shape index (κ1) is 16.7. The monoisotopic (exact) mass is 317 g/mol. The predicted octanol–water partition coefficient (Wildman–Crippen LogP) is 2.79. The van der Waals surface area contributed by atoms with Gasteiger partial charge in [-0.15, -0.1) is 0 Å². The van der Waals surface area contributed by atoms with Crippen LogP contribution in [0.4, 0.5) is 0 Å². The number of ketones is 1. The molecule has 0 aliphatic carbocycles. The number of ether oxygens (including phenoxy) is 2. The van der Waals surface area contributed by atoms with E-state index >= 15 is 0 Å². The molecule has 2 rings (SSSR count). The minimum atomic E-state index is -0.394. The zero-order chi connectivity index (χ0) is 17.0. The zero-order valence-corrected chi connectivity index (χ0v) is 13.6. The normalized spacial score (nSPS) is 10.4. The van der Waals surface area contributed by atoms with E-state index in [-0.39, 0.29) is 18.8 Å². The minimum Gasteiger partial charge on any atom is -0.496 e. The third-order valence-corrected chi connectivity index (χ3v) is 3.58. The highest BCUT2D eigenvalue weighted by molar-refractivity contribution is 5.94. The summed E-state index contributed by atoms with van der Waals surface area (Å²) in [6.07, 6.45) is 0.0931. The number of Topliss-reactive ketones (excluding diaryl/α,β-unsaturated/α-hetero) is 1. The van der Waals surface area contributed by atoms with E-state index < -0.39 is 5.97 Å². The smallest absolute Gasteiger partial charge is 0.310 e. The Hall–Kier alpha value is -2.63. The van der Waals surface area contributed by atoms with E-state index in [9.17, 15) is 9.59 Å². The number of nitrogens with zero attached hydrogens (tertiary/aromatic N) is 1. The summed E-state index contributed by atoms with van der Waals surface area (Å²) in [6.45, 7) is 5.04. The standard InChI is InChI=1S/C17H19NO5/c1-10-15(12(3)23-18-10)8-17(20)22-9-14-7-13(11(2)19)5-6-16(14)21-4/h5-7H,8-9H2,1-4H3. The van der Waals surface area contributed by atoms with Crippen LogP contribution in [0.2, 0.25) is 0 Å². The van der Waals surface area contributed by atoms with Crippen molar-refractivity contribution in [3.8, 4) is 5.75 Å². The van der Waals surface area contributed by atoms with Crippen molar-refractivity contribution in [2.45, 2.75) is 33.8 Å². The first-order valence-electron chi connectivity index (χ1n) is 7.17. The molecule has 122 valence electrons. The van der Waals surface area contributed by atoms with Gasteiger partial charge in [-0.1, -0.05) is 5.16 Å². The van der Waals surface area contributed by atoms with Gasteiger partial charge in [0.15, 0.2) is 5.78 Å². The van der Waals surface area contributed by atoms with Crippen LogP contribution in [0, 0.1) is 13.8 Å². The SMILES string of the molecule is COc1ccc(C(C)=O)cc1COC(=O)Cc1c(C)noc1C. The molecule has 0 spiro atoms. The Morgan fingerprint density at radius 1 is 1.26 bits per heavy atom. The molecular weight excluding hydrogens is 298 g/mol. The molecule has 1 heterocycles. The van der Waals surface area contributed by atoms with Crippen LogP contribution >= 0.6 is 0 Å². The second-order valence-corrected chi connectivity index (χ2v) is 5.22. The fourth-order valence-electron chi connectivity index (χ4n) is 2.22. The summed E-state index contributed by atoms with van der Waals surface area (Å²) >= 11 is 0. The molecule has 0 N–H and O–H groups in total. The van der Waals surface area contributed by atoms with Gasteiger partial charge in [-0.3, -0.25) is 9.59 Å². The molecule has 0 aliphatic heterocycles. The zero-order valence-electron chi connectivity index (χ0n) is 13.6. The van der Waals surface area contributed by atoms with Crippen molar-refractivity contribution in [2.24, 2.45) is 0 Å². The Bertz CT molecular complexity index is 713. The predicted molar refractivity (Wildman–Crippen MR) is 82.5 cm³/mol. The highest BCUT2D eigenvalue weighted by Crippen LogP contribution is 2.22. The minimum absolute atomic E-state index is 0.0342. The maximum absolute atomic E-state index is 12.0. The number of aromatic nitrogens is 1. The lowest BCUT2D eigenvalue weighted by Crippen LogP contribution is -2.10. The Morgan fingerprint density at radius 2 is 2.00 bits per heavy atom. The molecule has 1 aromatic heterocycles. The Balaban J connectivity index is 2.06. The van der Waals surface area contributed by atoms with E-state index in [1.807, 2.05) is 0 Å². The van der Waals surface area contributed by atoms with Gasteiger partial charge in [-0.25, -0.2) is 0 Å².